The fourth-order valence-corrected chi connectivity index (χ4v) is 4.96. The van der Waals surface area contributed by atoms with E-state index in [0.717, 1.165) is 16.4 Å². The van der Waals surface area contributed by atoms with Crippen LogP contribution in [0.1, 0.15) is 0 Å². The minimum atomic E-state index is -4.32. The monoisotopic (exact) mass is 515 g/mol. The largest absolute Gasteiger partial charge is 0.454 e. The van der Waals surface area contributed by atoms with Crippen molar-refractivity contribution < 1.29 is 36.6 Å². The first kappa shape index (κ1) is 25.7. The Bertz CT molecular complexity index is 1150. The van der Waals surface area contributed by atoms with Crippen LogP contribution in [0.3, 0.4) is 0 Å². The van der Waals surface area contributed by atoms with E-state index >= 15 is 0 Å². The minimum Gasteiger partial charge on any atom is -0.454 e. The van der Waals surface area contributed by atoms with Gasteiger partial charge in [0.25, 0.3) is 0 Å². The van der Waals surface area contributed by atoms with E-state index in [0.29, 0.717) is 10.8 Å². The number of nitrogens with two attached hydrogens (primary N) is 1. The summed E-state index contributed by atoms with van der Waals surface area (Å²) in [5, 5.41) is 0.474. The van der Waals surface area contributed by atoms with Crippen LogP contribution in [0.4, 0.5) is 9.18 Å². The number of carbonyl (C=O) groups excluding carboxylic acids is 2. The molecule has 0 radical (unpaired) electrons. The predicted molar refractivity (Wildman–Crippen MR) is 120 cm³/mol. The molecule has 0 bridgehead atoms. The van der Waals surface area contributed by atoms with Gasteiger partial charge in [0.05, 0.1) is 11.5 Å². The summed E-state index contributed by atoms with van der Waals surface area (Å²) in [6.07, 6.45) is -0.727. The lowest BCUT2D eigenvalue weighted by Crippen LogP contribution is -2.60. The van der Waals surface area contributed by atoms with E-state index in [-0.39, 0.29) is 38.6 Å². The number of halogens is 2. The second kappa shape index (κ2) is 11.0. The maximum atomic E-state index is 14.7. The molecule has 1 atom stereocenters. The average molecular weight is 516 g/mol. The molecule has 0 aliphatic carbocycles. The molecule has 0 spiro atoms. The van der Waals surface area contributed by atoms with Gasteiger partial charge in [0.2, 0.25) is 15.9 Å². The van der Waals surface area contributed by atoms with Crippen molar-refractivity contribution in [3.05, 3.63) is 53.3 Å². The van der Waals surface area contributed by atoms with Gasteiger partial charge in [-0.1, -0.05) is 11.6 Å². The second-order valence-electron chi connectivity index (χ2n) is 7.24. The van der Waals surface area contributed by atoms with E-state index in [4.69, 9.17) is 31.5 Å². The van der Waals surface area contributed by atoms with Gasteiger partial charge in [0, 0.05) is 31.8 Å². The summed E-state index contributed by atoms with van der Waals surface area (Å²) in [4.78, 5) is 25.0. The van der Waals surface area contributed by atoms with Gasteiger partial charge in [-0.25, -0.2) is 17.6 Å². The van der Waals surface area contributed by atoms with Gasteiger partial charge < -0.3 is 24.8 Å². The van der Waals surface area contributed by atoms with E-state index in [1.807, 2.05) is 0 Å². The Morgan fingerprint density at radius 2 is 1.85 bits per heavy atom. The summed E-state index contributed by atoms with van der Waals surface area (Å²) in [6.45, 7) is -0.406. The highest BCUT2D eigenvalue weighted by atomic mass is 35.5. The average Bonchev–Trinajstić information content (AvgIpc) is 2.81. The number of methoxy groups -OCH3 is 1. The Hall–Kier alpha value is -2.93. The zero-order chi connectivity index (χ0) is 24.9. The molecule has 1 saturated heterocycles. The summed E-state index contributed by atoms with van der Waals surface area (Å²) in [5.41, 5.74) is 5.42. The van der Waals surface area contributed by atoms with Crippen molar-refractivity contribution in [3.63, 3.8) is 0 Å². The summed E-state index contributed by atoms with van der Waals surface area (Å²) in [7, 11) is -2.88. The molecule has 1 aliphatic rings. The zero-order valence-electron chi connectivity index (χ0n) is 18.1. The Labute approximate surface area is 201 Å². The second-order valence-corrected chi connectivity index (χ2v) is 9.56. The van der Waals surface area contributed by atoms with Crippen LogP contribution in [-0.2, 0) is 24.3 Å². The normalized spacial score (nSPS) is 16.8. The lowest BCUT2D eigenvalue weighted by atomic mass is 10.2. The van der Waals surface area contributed by atoms with Gasteiger partial charge in [-0.2, -0.15) is 4.31 Å². The first-order valence-electron chi connectivity index (χ1n) is 10.1. The molecule has 0 unspecified atom stereocenters. The molecule has 10 nitrogen and oxygen atoms in total. The fraction of sp³-hybridized carbons (Fsp3) is 0.333. The highest BCUT2D eigenvalue weighted by Crippen LogP contribution is 2.29. The molecule has 13 heteroatoms. The van der Waals surface area contributed by atoms with Crippen LogP contribution < -0.4 is 10.5 Å². The lowest BCUT2D eigenvalue weighted by Gasteiger charge is -2.38. The number of benzene rings is 2. The number of ether oxygens (including phenoxy) is 3. The topological polar surface area (TPSA) is 128 Å². The predicted octanol–water partition coefficient (Wildman–Crippen LogP) is 2.21. The van der Waals surface area contributed by atoms with E-state index in [1.165, 1.54) is 30.2 Å². The van der Waals surface area contributed by atoms with Crippen molar-refractivity contribution in [2.24, 2.45) is 5.73 Å². The smallest absolute Gasteiger partial charge is 0.409 e. The van der Waals surface area contributed by atoms with Crippen molar-refractivity contribution in [1.29, 1.82) is 0 Å². The standard InChI is InChI=1S/C21H23ClFN3O7S/c1-31-10-11-32-21(28)25-8-9-26(18(13-25)20(24)27)34(29,30)16-6-7-19(17(23)12-16)33-15-4-2-14(22)3-5-15/h2-7,12,18H,8-11,13H2,1H3,(H2,24,27)/t18-/m1/s1. The van der Waals surface area contributed by atoms with E-state index < -0.39 is 38.8 Å². The Balaban J connectivity index is 1.77. The molecule has 0 saturated carbocycles. The van der Waals surface area contributed by atoms with Crippen molar-refractivity contribution in [2.75, 3.05) is 40.0 Å². The summed E-state index contributed by atoms with van der Waals surface area (Å²) < 4.78 is 57.2. The third kappa shape index (κ3) is 5.95. The minimum absolute atomic E-state index is 0.00119. The van der Waals surface area contributed by atoms with Crippen LogP contribution in [0.15, 0.2) is 47.4 Å². The number of nitrogens with zero attached hydrogens (tertiary/aromatic N) is 2. The van der Waals surface area contributed by atoms with Gasteiger partial charge in [-0.3, -0.25) is 4.79 Å². The van der Waals surface area contributed by atoms with Gasteiger partial charge in [-0.15, -0.1) is 0 Å². The van der Waals surface area contributed by atoms with E-state index in [1.54, 1.807) is 12.1 Å². The molecule has 2 aromatic rings. The van der Waals surface area contributed by atoms with Crippen molar-refractivity contribution >= 4 is 33.6 Å². The molecule has 3 rings (SSSR count). The number of hydrogen-bond donors (Lipinski definition) is 1. The van der Waals surface area contributed by atoms with Crippen molar-refractivity contribution in [3.8, 4) is 11.5 Å². The van der Waals surface area contributed by atoms with Crippen molar-refractivity contribution in [1.82, 2.24) is 9.21 Å². The quantitative estimate of drug-likeness (QED) is 0.534. The number of amides is 2. The summed E-state index contributed by atoms with van der Waals surface area (Å²) >= 11 is 5.81. The van der Waals surface area contributed by atoms with Crippen LogP contribution in [0, 0.1) is 5.82 Å². The first-order valence-corrected chi connectivity index (χ1v) is 11.9. The van der Waals surface area contributed by atoms with E-state index in [9.17, 15) is 22.4 Å². The number of hydrogen-bond acceptors (Lipinski definition) is 7. The summed E-state index contributed by atoms with van der Waals surface area (Å²) in [5.74, 6) is -1.77. The molecule has 1 aliphatic heterocycles. The molecule has 2 aromatic carbocycles. The van der Waals surface area contributed by atoms with Gasteiger partial charge in [0.1, 0.15) is 18.4 Å². The third-order valence-corrected chi connectivity index (χ3v) is 7.14. The highest BCUT2D eigenvalue weighted by molar-refractivity contribution is 7.89. The molecular weight excluding hydrogens is 493 g/mol. The molecule has 2 N–H and O–H groups in total. The Kier molecular flexibility index (Phi) is 8.31. The zero-order valence-corrected chi connectivity index (χ0v) is 19.7. The molecule has 34 heavy (non-hydrogen) atoms. The van der Waals surface area contributed by atoms with Crippen LogP contribution in [0.2, 0.25) is 5.02 Å². The molecule has 1 fully saturated rings. The Morgan fingerprint density at radius 1 is 1.15 bits per heavy atom. The molecule has 0 aromatic heterocycles. The SMILES string of the molecule is COCCOC(=O)N1CCN(S(=O)(=O)c2ccc(Oc3ccc(Cl)cc3)c(F)c2)[C@@H](C(N)=O)C1. The summed E-state index contributed by atoms with van der Waals surface area (Å²) in [6, 6.07) is 7.95. The Morgan fingerprint density at radius 3 is 2.47 bits per heavy atom. The maximum absolute atomic E-state index is 14.7. The first-order chi connectivity index (χ1) is 16.1. The van der Waals surface area contributed by atoms with E-state index in [2.05, 4.69) is 0 Å². The van der Waals surface area contributed by atoms with Gasteiger partial charge >= 0.3 is 6.09 Å². The van der Waals surface area contributed by atoms with Crippen LogP contribution in [0.5, 0.6) is 11.5 Å². The molecule has 2 amide bonds. The van der Waals surface area contributed by atoms with Crippen LogP contribution >= 0.6 is 11.6 Å². The third-order valence-electron chi connectivity index (χ3n) is 4.98. The maximum Gasteiger partial charge on any atom is 0.409 e. The highest BCUT2D eigenvalue weighted by Gasteiger charge is 2.41. The molecule has 1 heterocycles. The number of rotatable bonds is 8. The number of sulfonamides is 1. The van der Waals surface area contributed by atoms with Crippen LogP contribution in [-0.4, -0.2) is 75.6 Å². The molecule has 184 valence electrons. The molecular formula is C21H23ClFN3O7S. The number of primary amides is 1. The van der Waals surface area contributed by atoms with Crippen LogP contribution in [0.25, 0.3) is 0 Å². The number of carbonyl (C=O) groups is 2. The fourth-order valence-electron chi connectivity index (χ4n) is 3.25. The van der Waals surface area contributed by atoms with Crippen molar-refractivity contribution in [2.45, 2.75) is 10.9 Å². The van der Waals surface area contributed by atoms with Gasteiger partial charge in [-0.05, 0) is 42.5 Å². The number of piperazine rings is 1. The van der Waals surface area contributed by atoms with Gasteiger partial charge in [0.15, 0.2) is 11.6 Å². The lowest BCUT2D eigenvalue weighted by molar-refractivity contribution is -0.123.